The zero-order valence-corrected chi connectivity index (χ0v) is 19.8. The number of nitrogens with one attached hydrogen (secondary N) is 2. The van der Waals surface area contributed by atoms with Gasteiger partial charge in [-0.1, -0.05) is 24.3 Å². The van der Waals surface area contributed by atoms with Crippen molar-refractivity contribution in [3.05, 3.63) is 82.2 Å². The molecule has 0 unspecified atom stereocenters. The second kappa shape index (κ2) is 9.63. The maximum absolute atomic E-state index is 13.8. The fraction of sp³-hybridized carbons (Fsp3) is 0.333. The highest BCUT2D eigenvalue weighted by atomic mass is 32.2. The second-order valence-electron chi connectivity index (χ2n) is 8.62. The highest BCUT2D eigenvalue weighted by Crippen LogP contribution is 2.28. The first-order valence-electron chi connectivity index (χ1n) is 11.1. The standard InChI is InChI=1S/C24H26F2N4O3S/c1-15(2)29-34(32,33)14-17-7-4-3-6-16(17)13-27-24(31)23-19-8-5-9-22(19)30(28-23)18-10-11-20(25)21(26)12-18/h3-4,6-7,10-12,15,29H,5,8-9,13-14H2,1-2H3,(H,27,31). The Morgan fingerprint density at radius 1 is 1.09 bits per heavy atom. The Labute approximate surface area is 197 Å². The van der Waals surface area contributed by atoms with Crippen molar-refractivity contribution in [2.45, 2.75) is 51.4 Å². The third-order valence-electron chi connectivity index (χ3n) is 5.61. The van der Waals surface area contributed by atoms with Crippen molar-refractivity contribution in [1.82, 2.24) is 19.8 Å². The highest BCUT2D eigenvalue weighted by molar-refractivity contribution is 7.88. The molecular formula is C24H26F2N4O3S. The van der Waals surface area contributed by atoms with E-state index in [1.807, 2.05) is 0 Å². The molecule has 4 rings (SSSR count). The van der Waals surface area contributed by atoms with Crippen molar-refractivity contribution < 1.29 is 22.0 Å². The molecule has 1 aliphatic carbocycles. The van der Waals surface area contributed by atoms with Crippen LogP contribution in [0.1, 0.15) is 53.1 Å². The lowest BCUT2D eigenvalue weighted by Crippen LogP contribution is -2.32. The van der Waals surface area contributed by atoms with E-state index in [-0.39, 0.29) is 24.0 Å². The molecule has 10 heteroatoms. The summed E-state index contributed by atoms with van der Waals surface area (Å²) in [5.74, 6) is -2.53. The van der Waals surface area contributed by atoms with Crippen LogP contribution in [0.5, 0.6) is 0 Å². The fourth-order valence-electron chi connectivity index (χ4n) is 4.19. The number of rotatable bonds is 8. The summed E-state index contributed by atoms with van der Waals surface area (Å²) in [5, 5.41) is 7.24. The molecule has 1 amide bonds. The minimum absolute atomic E-state index is 0.124. The van der Waals surface area contributed by atoms with Gasteiger partial charge in [-0.05, 0) is 56.4 Å². The average Bonchev–Trinajstić information content (AvgIpc) is 3.36. The van der Waals surface area contributed by atoms with Crippen molar-refractivity contribution in [2.24, 2.45) is 0 Å². The number of fused-ring (bicyclic) bond motifs is 1. The zero-order valence-electron chi connectivity index (χ0n) is 18.9. The third kappa shape index (κ3) is 5.18. The molecule has 0 fully saturated rings. The molecule has 0 saturated carbocycles. The smallest absolute Gasteiger partial charge is 0.272 e. The molecule has 0 radical (unpaired) electrons. The lowest BCUT2D eigenvalue weighted by molar-refractivity contribution is 0.0944. The van der Waals surface area contributed by atoms with E-state index < -0.39 is 27.6 Å². The Hall–Kier alpha value is -3.11. The van der Waals surface area contributed by atoms with Gasteiger partial charge in [0.25, 0.3) is 5.91 Å². The van der Waals surface area contributed by atoms with E-state index in [0.717, 1.165) is 29.8 Å². The molecule has 0 aliphatic heterocycles. The van der Waals surface area contributed by atoms with Crippen LogP contribution in [0.15, 0.2) is 42.5 Å². The third-order valence-corrected chi connectivity index (χ3v) is 7.13. The molecular weight excluding hydrogens is 462 g/mol. The lowest BCUT2D eigenvalue weighted by atomic mass is 10.1. The van der Waals surface area contributed by atoms with Crippen LogP contribution in [0.2, 0.25) is 0 Å². The summed E-state index contributed by atoms with van der Waals surface area (Å²) >= 11 is 0. The number of carbonyl (C=O) groups is 1. The van der Waals surface area contributed by atoms with Crippen LogP contribution >= 0.6 is 0 Å². The number of aromatic nitrogens is 2. The number of sulfonamides is 1. The molecule has 3 aromatic rings. The first-order valence-corrected chi connectivity index (χ1v) is 12.7. The zero-order chi connectivity index (χ0) is 24.5. The van der Waals surface area contributed by atoms with Crippen molar-refractivity contribution in [3.63, 3.8) is 0 Å². The van der Waals surface area contributed by atoms with Gasteiger partial charge in [-0.15, -0.1) is 0 Å². The molecule has 180 valence electrons. The molecule has 2 N–H and O–H groups in total. The Kier molecular flexibility index (Phi) is 6.81. The van der Waals surface area contributed by atoms with Crippen LogP contribution < -0.4 is 10.0 Å². The molecule has 1 aliphatic rings. The molecule has 0 bridgehead atoms. The lowest BCUT2D eigenvalue weighted by Gasteiger charge is -2.13. The van der Waals surface area contributed by atoms with Gasteiger partial charge in [0.15, 0.2) is 17.3 Å². The van der Waals surface area contributed by atoms with Crippen LogP contribution in [0.3, 0.4) is 0 Å². The molecule has 2 aromatic carbocycles. The van der Waals surface area contributed by atoms with Gasteiger partial charge in [0.1, 0.15) is 0 Å². The maximum Gasteiger partial charge on any atom is 0.272 e. The van der Waals surface area contributed by atoms with Crippen molar-refractivity contribution >= 4 is 15.9 Å². The quantitative estimate of drug-likeness (QED) is 0.508. The minimum Gasteiger partial charge on any atom is -0.347 e. The predicted octanol–water partition coefficient (Wildman–Crippen LogP) is 3.40. The first-order chi connectivity index (χ1) is 16.1. The summed E-state index contributed by atoms with van der Waals surface area (Å²) in [4.78, 5) is 13.0. The summed E-state index contributed by atoms with van der Waals surface area (Å²) < 4.78 is 55.9. The number of amides is 1. The number of halogens is 2. The van der Waals surface area contributed by atoms with Crippen molar-refractivity contribution in [1.29, 1.82) is 0 Å². The van der Waals surface area contributed by atoms with E-state index in [9.17, 15) is 22.0 Å². The van der Waals surface area contributed by atoms with E-state index in [0.29, 0.717) is 29.7 Å². The summed E-state index contributed by atoms with van der Waals surface area (Å²) in [6.45, 7) is 3.63. The molecule has 0 atom stereocenters. The molecule has 0 spiro atoms. The number of hydrogen-bond donors (Lipinski definition) is 2. The molecule has 1 heterocycles. The van der Waals surface area contributed by atoms with Crippen LogP contribution in [0, 0.1) is 11.6 Å². The first kappa shape index (κ1) is 24.0. The van der Waals surface area contributed by atoms with E-state index in [1.165, 1.54) is 10.7 Å². The highest BCUT2D eigenvalue weighted by Gasteiger charge is 2.27. The van der Waals surface area contributed by atoms with Crippen LogP contribution in [-0.2, 0) is 35.2 Å². The van der Waals surface area contributed by atoms with Gasteiger partial charge in [-0.3, -0.25) is 4.79 Å². The number of carbonyl (C=O) groups excluding carboxylic acids is 1. The monoisotopic (exact) mass is 488 g/mol. The van der Waals surface area contributed by atoms with Gasteiger partial charge < -0.3 is 5.32 Å². The van der Waals surface area contributed by atoms with Gasteiger partial charge in [0.2, 0.25) is 10.0 Å². The molecule has 0 saturated heterocycles. The van der Waals surface area contributed by atoms with Crippen molar-refractivity contribution in [2.75, 3.05) is 0 Å². The molecule has 34 heavy (non-hydrogen) atoms. The van der Waals surface area contributed by atoms with Crippen LogP contribution in [0.4, 0.5) is 8.78 Å². The van der Waals surface area contributed by atoms with E-state index in [4.69, 9.17) is 0 Å². The Bertz CT molecular complexity index is 1340. The maximum atomic E-state index is 13.8. The minimum atomic E-state index is -3.52. The topological polar surface area (TPSA) is 93.1 Å². The van der Waals surface area contributed by atoms with E-state index in [1.54, 1.807) is 38.1 Å². The summed E-state index contributed by atoms with van der Waals surface area (Å²) in [7, 11) is -3.52. The Morgan fingerprint density at radius 2 is 1.82 bits per heavy atom. The largest absolute Gasteiger partial charge is 0.347 e. The van der Waals surface area contributed by atoms with Crippen LogP contribution in [0.25, 0.3) is 5.69 Å². The van der Waals surface area contributed by atoms with Gasteiger partial charge in [0, 0.05) is 29.9 Å². The fourth-order valence-corrected chi connectivity index (χ4v) is 5.68. The number of nitrogens with zero attached hydrogens (tertiary/aromatic N) is 2. The normalized spacial score (nSPS) is 13.3. The average molecular weight is 489 g/mol. The van der Waals surface area contributed by atoms with Crippen LogP contribution in [-0.4, -0.2) is 30.1 Å². The SMILES string of the molecule is CC(C)NS(=O)(=O)Cc1ccccc1CNC(=O)c1nn(-c2ccc(F)c(F)c2)c2c1CCC2. The number of benzene rings is 2. The van der Waals surface area contributed by atoms with Gasteiger partial charge in [-0.2, -0.15) is 5.10 Å². The molecule has 7 nitrogen and oxygen atoms in total. The summed E-state index contributed by atoms with van der Waals surface area (Å²) in [6, 6.07) is 10.3. The van der Waals surface area contributed by atoms with Gasteiger partial charge in [0.05, 0.1) is 11.4 Å². The number of hydrogen-bond acceptors (Lipinski definition) is 4. The van der Waals surface area contributed by atoms with E-state index in [2.05, 4.69) is 15.1 Å². The summed E-state index contributed by atoms with van der Waals surface area (Å²) in [5.41, 5.74) is 3.46. The predicted molar refractivity (Wildman–Crippen MR) is 124 cm³/mol. The molecule has 1 aromatic heterocycles. The Morgan fingerprint density at radius 3 is 2.53 bits per heavy atom. The van der Waals surface area contributed by atoms with Crippen molar-refractivity contribution in [3.8, 4) is 5.69 Å². The Balaban J connectivity index is 1.55. The summed E-state index contributed by atoms with van der Waals surface area (Å²) in [6.07, 6.45) is 2.18. The van der Waals surface area contributed by atoms with E-state index >= 15 is 0 Å². The second-order valence-corrected chi connectivity index (χ2v) is 10.4. The van der Waals surface area contributed by atoms with Gasteiger partial charge in [-0.25, -0.2) is 26.6 Å². The van der Waals surface area contributed by atoms with Gasteiger partial charge >= 0.3 is 0 Å².